The van der Waals surface area contributed by atoms with Crippen LogP contribution in [0.4, 0.5) is 4.79 Å². The van der Waals surface area contributed by atoms with Gasteiger partial charge in [-0.2, -0.15) is 5.26 Å². The van der Waals surface area contributed by atoms with E-state index in [2.05, 4.69) is 16.0 Å². The molecule has 0 aliphatic rings. The molecule has 7 heteroatoms. The highest BCUT2D eigenvalue weighted by Crippen LogP contribution is 2.24. The van der Waals surface area contributed by atoms with Crippen molar-refractivity contribution in [3.8, 4) is 6.07 Å². The second kappa shape index (κ2) is 11.7. The number of nitrogens with one attached hydrogen (secondary N) is 1. The van der Waals surface area contributed by atoms with Crippen LogP contribution in [0.15, 0.2) is 85.1 Å². The zero-order valence-corrected chi connectivity index (χ0v) is 21.8. The van der Waals surface area contributed by atoms with E-state index in [0.29, 0.717) is 12.1 Å². The van der Waals surface area contributed by atoms with Gasteiger partial charge >= 0.3 is 12.1 Å². The summed E-state index contributed by atoms with van der Waals surface area (Å²) < 4.78 is 13.1. The number of carbonyl (C=O) groups is 2. The molecule has 0 aliphatic carbocycles. The van der Waals surface area contributed by atoms with E-state index < -0.39 is 23.7 Å². The molecule has 0 unspecified atom stereocenters. The van der Waals surface area contributed by atoms with Gasteiger partial charge in [-0.3, -0.25) is 0 Å². The molecule has 0 radical (unpaired) electrons. The van der Waals surface area contributed by atoms with Gasteiger partial charge in [0.05, 0.1) is 11.6 Å². The molecule has 0 spiro atoms. The van der Waals surface area contributed by atoms with Crippen molar-refractivity contribution in [2.45, 2.75) is 52.0 Å². The van der Waals surface area contributed by atoms with Crippen molar-refractivity contribution in [2.24, 2.45) is 0 Å². The zero-order chi connectivity index (χ0) is 27.1. The largest absolute Gasteiger partial charge is 0.459 e. The van der Waals surface area contributed by atoms with Gasteiger partial charge in [0.25, 0.3) is 0 Å². The molecule has 0 saturated carbocycles. The van der Waals surface area contributed by atoms with E-state index in [9.17, 15) is 9.59 Å². The Kier molecular flexibility index (Phi) is 8.12. The average molecular weight is 510 g/mol. The van der Waals surface area contributed by atoms with E-state index in [4.69, 9.17) is 14.7 Å². The lowest BCUT2D eigenvalue weighted by molar-refractivity contribution is -0.147. The van der Waals surface area contributed by atoms with Crippen LogP contribution in [0.1, 0.15) is 43.0 Å². The van der Waals surface area contributed by atoms with Gasteiger partial charge in [0.15, 0.2) is 0 Å². The van der Waals surface area contributed by atoms with E-state index in [0.717, 1.165) is 27.6 Å². The first-order valence-electron chi connectivity index (χ1n) is 12.5. The SMILES string of the molecule is CC(C)(C)OC(=O)N[C@@H](Cc1cn(Cc2ccc(C#N)cc2)c2ccccc12)C(=O)OCc1ccccc1. The Hall–Kier alpha value is -4.57. The van der Waals surface area contributed by atoms with Crippen LogP contribution in [-0.4, -0.2) is 28.3 Å². The van der Waals surface area contributed by atoms with E-state index >= 15 is 0 Å². The molecule has 1 N–H and O–H groups in total. The molecule has 7 nitrogen and oxygen atoms in total. The van der Waals surface area contributed by atoms with Gasteiger partial charge in [0.2, 0.25) is 0 Å². The summed E-state index contributed by atoms with van der Waals surface area (Å²) in [5, 5.41) is 12.8. The molecule has 0 fully saturated rings. The molecule has 1 aromatic heterocycles. The van der Waals surface area contributed by atoms with Crippen molar-refractivity contribution in [3.05, 3.63) is 107 Å². The van der Waals surface area contributed by atoms with E-state index in [-0.39, 0.29) is 13.0 Å². The smallest absolute Gasteiger partial charge is 0.408 e. The van der Waals surface area contributed by atoms with Gasteiger partial charge in [0.1, 0.15) is 18.2 Å². The number of amides is 1. The van der Waals surface area contributed by atoms with E-state index in [1.54, 1.807) is 32.9 Å². The summed E-state index contributed by atoms with van der Waals surface area (Å²) in [5.41, 5.74) is 3.70. The van der Waals surface area contributed by atoms with Gasteiger partial charge in [-0.25, -0.2) is 9.59 Å². The number of hydrogen-bond donors (Lipinski definition) is 1. The summed E-state index contributed by atoms with van der Waals surface area (Å²) >= 11 is 0. The first kappa shape index (κ1) is 26.5. The molecule has 0 saturated heterocycles. The van der Waals surface area contributed by atoms with Gasteiger partial charge in [-0.05, 0) is 55.7 Å². The number of alkyl carbamates (subject to hydrolysis) is 1. The van der Waals surface area contributed by atoms with Gasteiger partial charge in [-0.1, -0.05) is 60.7 Å². The topological polar surface area (TPSA) is 93.4 Å². The van der Waals surface area contributed by atoms with Crippen molar-refractivity contribution in [3.63, 3.8) is 0 Å². The Morgan fingerprint density at radius 3 is 2.32 bits per heavy atom. The predicted octanol–water partition coefficient (Wildman–Crippen LogP) is 5.74. The number of nitriles is 1. The predicted molar refractivity (Wildman–Crippen MR) is 145 cm³/mol. The first-order chi connectivity index (χ1) is 18.2. The van der Waals surface area contributed by atoms with E-state index in [1.807, 2.05) is 72.9 Å². The minimum atomic E-state index is -0.942. The van der Waals surface area contributed by atoms with Crippen LogP contribution in [0.2, 0.25) is 0 Å². The Labute approximate surface area is 222 Å². The van der Waals surface area contributed by atoms with Crippen LogP contribution in [0, 0.1) is 11.3 Å². The molecule has 0 aliphatic heterocycles. The lowest BCUT2D eigenvalue weighted by Crippen LogP contribution is -2.45. The molecule has 4 rings (SSSR count). The van der Waals surface area contributed by atoms with Crippen LogP contribution in [-0.2, 0) is 33.8 Å². The molecule has 1 atom stereocenters. The highest BCUT2D eigenvalue weighted by molar-refractivity contribution is 5.86. The van der Waals surface area contributed by atoms with Crippen molar-refractivity contribution in [1.82, 2.24) is 9.88 Å². The van der Waals surface area contributed by atoms with Gasteiger partial charge < -0.3 is 19.4 Å². The fourth-order valence-corrected chi connectivity index (χ4v) is 4.19. The van der Waals surface area contributed by atoms with Crippen LogP contribution in [0.5, 0.6) is 0 Å². The summed E-state index contributed by atoms with van der Waals surface area (Å²) in [4.78, 5) is 25.8. The number of nitrogens with zero attached hydrogens (tertiary/aromatic N) is 2. The summed E-state index contributed by atoms with van der Waals surface area (Å²) in [6.45, 7) is 6.01. The number of para-hydroxylation sites is 1. The second-order valence-corrected chi connectivity index (χ2v) is 10.1. The maximum Gasteiger partial charge on any atom is 0.408 e. The summed E-state index contributed by atoms with van der Waals surface area (Å²) in [6, 6.07) is 26.0. The molecular weight excluding hydrogens is 478 g/mol. The molecular formula is C31H31N3O4. The molecule has 4 aromatic rings. The van der Waals surface area contributed by atoms with Crippen LogP contribution in [0.3, 0.4) is 0 Å². The number of esters is 1. The number of carbonyl (C=O) groups excluding carboxylic acids is 2. The third-order valence-corrected chi connectivity index (χ3v) is 5.93. The van der Waals surface area contributed by atoms with Crippen LogP contribution in [0.25, 0.3) is 10.9 Å². The highest BCUT2D eigenvalue weighted by Gasteiger charge is 2.27. The lowest BCUT2D eigenvalue weighted by Gasteiger charge is -2.23. The second-order valence-electron chi connectivity index (χ2n) is 10.1. The number of rotatable bonds is 8. The van der Waals surface area contributed by atoms with Crippen LogP contribution < -0.4 is 5.32 Å². The minimum Gasteiger partial charge on any atom is -0.459 e. The molecule has 194 valence electrons. The third kappa shape index (κ3) is 7.01. The van der Waals surface area contributed by atoms with Gasteiger partial charge in [-0.15, -0.1) is 0 Å². The quantitative estimate of drug-likeness (QED) is 0.306. The number of benzene rings is 3. The summed E-state index contributed by atoms with van der Waals surface area (Å²) in [7, 11) is 0. The molecule has 0 bridgehead atoms. The standard InChI is InChI=1S/C31H31N3O4/c1-31(2,3)38-30(36)33-27(29(35)37-21-24-9-5-4-6-10-24)17-25-20-34(28-12-8-7-11-26(25)28)19-23-15-13-22(18-32)14-16-23/h4-16,20,27H,17,19,21H2,1-3H3,(H,33,36)/t27-/m0/s1. The fourth-order valence-electron chi connectivity index (χ4n) is 4.19. The molecule has 1 heterocycles. The van der Waals surface area contributed by atoms with Crippen molar-refractivity contribution >= 4 is 23.0 Å². The first-order valence-corrected chi connectivity index (χ1v) is 12.5. The average Bonchev–Trinajstić information content (AvgIpc) is 3.23. The number of hydrogen-bond acceptors (Lipinski definition) is 5. The number of fused-ring (bicyclic) bond motifs is 1. The summed E-state index contributed by atoms with van der Waals surface area (Å²) in [6.07, 6.45) is 1.55. The normalized spacial score (nSPS) is 11.9. The lowest BCUT2D eigenvalue weighted by atomic mass is 10.1. The third-order valence-electron chi connectivity index (χ3n) is 5.93. The Balaban J connectivity index is 1.59. The van der Waals surface area contributed by atoms with Crippen molar-refractivity contribution in [1.29, 1.82) is 5.26 Å². The summed E-state index contributed by atoms with van der Waals surface area (Å²) in [5.74, 6) is -0.538. The maximum absolute atomic E-state index is 13.2. The molecule has 1 amide bonds. The molecule has 3 aromatic carbocycles. The van der Waals surface area contributed by atoms with Crippen molar-refractivity contribution in [2.75, 3.05) is 0 Å². The zero-order valence-electron chi connectivity index (χ0n) is 21.8. The number of aromatic nitrogens is 1. The molecule has 38 heavy (non-hydrogen) atoms. The Morgan fingerprint density at radius 2 is 1.63 bits per heavy atom. The van der Waals surface area contributed by atoms with Gasteiger partial charge in [0, 0.05) is 30.1 Å². The van der Waals surface area contributed by atoms with Crippen LogP contribution >= 0.6 is 0 Å². The Bertz CT molecular complexity index is 1440. The highest BCUT2D eigenvalue weighted by atomic mass is 16.6. The number of ether oxygens (including phenoxy) is 2. The van der Waals surface area contributed by atoms with Crippen molar-refractivity contribution < 1.29 is 19.1 Å². The van der Waals surface area contributed by atoms with E-state index in [1.165, 1.54) is 0 Å². The minimum absolute atomic E-state index is 0.104. The Morgan fingerprint density at radius 1 is 0.947 bits per heavy atom. The monoisotopic (exact) mass is 509 g/mol. The fraction of sp³-hybridized carbons (Fsp3) is 0.258. The maximum atomic E-state index is 13.2.